The van der Waals surface area contributed by atoms with Gasteiger partial charge in [0.25, 0.3) is 0 Å². The van der Waals surface area contributed by atoms with Crippen LogP contribution in [-0.4, -0.2) is 116 Å². The Hall–Kier alpha value is 16.2. The fraction of sp³-hybridized carbons (Fsp3) is 1.00. The summed E-state index contributed by atoms with van der Waals surface area (Å²) in [6.07, 6.45) is 0. The van der Waals surface area contributed by atoms with E-state index in [-0.39, 0.29) is 0 Å². The maximum absolute atomic E-state index is 6.72. The summed E-state index contributed by atoms with van der Waals surface area (Å²) < 4.78 is -100. The molecule has 83 heavy (non-hydrogen) atoms. The number of halogens is 56. The van der Waals surface area contributed by atoms with E-state index in [0.29, 0.717) is 0 Å². The van der Waals surface area contributed by atoms with E-state index >= 15 is 0 Å². The van der Waals surface area contributed by atoms with E-state index in [1.54, 1.807) is 0 Å². The lowest BCUT2D eigenvalue weighted by Gasteiger charge is -2.60. The molecule has 0 rings (SSSR count). The predicted molar refractivity (Wildman–Crippen MR) is 402 cm³/mol. The molecule has 0 heterocycles. The molecule has 0 aliphatic rings. The largest absolute Gasteiger partial charge is 0.226 e. The van der Waals surface area contributed by atoms with Gasteiger partial charge in [-0.25, -0.2) is 0 Å². The Morgan fingerprint density at radius 1 is 0.0602 bits per heavy atom. The summed E-state index contributed by atoms with van der Waals surface area (Å²) in [6, 6.07) is 0. The molecule has 0 fully saturated rings. The third kappa shape index (κ3) is 14.5. The van der Waals surface area contributed by atoms with Crippen molar-refractivity contribution >= 4 is 650 Å². The van der Waals surface area contributed by atoms with Gasteiger partial charge >= 0.3 is 0 Å². The van der Waals surface area contributed by atoms with E-state index < -0.39 is 116 Å². The molecule has 0 amide bonds. The first-order valence-electron chi connectivity index (χ1n) is 17.1. The Labute approximate surface area is 751 Å². The molecule has 0 spiro atoms. The molecular formula is C27Cl56. The highest BCUT2D eigenvalue weighted by molar-refractivity contribution is 6.89. The highest BCUT2D eigenvalue weighted by Crippen LogP contribution is 2.82. The van der Waals surface area contributed by atoms with Gasteiger partial charge < -0.3 is 0 Å². The second-order valence-corrected chi connectivity index (χ2v) is 53.1. The van der Waals surface area contributed by atoms with Crippen molar-refractivity contribution in [2.24, 2.45) is 0 Å². The van der Waals surface area contributed by atoms with Crippen LogP contribution >= 0.6 is 650 Å². The number of alkyl halides is 56. The van der Waals surface area contributed by atoms with E-state index in [1.165, 1.54) is 0 Å². The van der Waals surface area contributed by atoms with Crippen LogP contribution in [0.4, 0.5) is 0 Å². The number of hydrogen-bond donors (Lipinski definition) is 0. The van der Waals surface area contributed by atoms with Crippen molar-refractivity contribution in [3.05, 3.63) is 0 Å². The fourth-order valence-electron chi connectivity index (χ4n) is 4.89. The molecule has 0 saturated carbocycles. The maximum Gasteiger partial charge on any atom is 0.226 e. The van der Waals surface area contributed by atoms with Crippen LogP contribution in [0.3, 0.4) is 0 Å². The lowest BCUT2D eigenvalue weighted by Crippen LogP contribution is -2.77. The number of rotatable bonds is 24. The lowest BCUT2D eigenvalue weighted by molar-refractivity contribution is 0.379. The van der Waals surface area contributed by atoms with Crippen molar-refractivity contribution in [1.82, 2.24) is 0 Å². The van der Waals surface area contributed by atoms with E-state index in [1.807, 2.05) is 0 Å². The SMILES string of the molecule is ClC(Cl)(Cl)C(Cl)(Cl)C(Cl)(Cl)C(Cl)(Cl)C(Cl)(Cl)C(Cl)(Cl)C(Cl)(Cl)C(Cl)(Cl)C(Cl)(Cl)C(Cl)(Cl)C(Cl)(Cl)C(Cl)(Cl)C(Cl)(Cl)C(Cl)(Cl)C(Cl)(Cl)C(Cl)(Cl)C(Cl)(Cl)C(Cl)(Cl)C(Cl)(Cl)C(Cl)(Cl)C(Cl)(Cl)C(Cl)(Cl)C(Cl)(Cl)C(Cl)(Cl)C(Cl)(Cl)C(Cl)(Cl)C(Cl)(Cl)Cl. The molecule has 0 aliphatic heterocycles. The van der Waals surface area contributed by atoms with Crippen molar-refractivity contribution in [3.8, 4) is 0 Å². The predicted octanol–water partition coefficient (Wildman–Crippen LogP) is 33.1. The van der Waals surface area contributed by atoms with Crippen molar-refractivity contribution in [2.45, 2.75) is 116 Å². The van der Waals surface area contributed by atoms with Gasteiger partial charge in [-0.05, 0) is 0 Å². The van der Waals surface area contributed by atoms with Crippen LogP contribution in [0.25, 0.3) is 0 Å². The average molecular weight is 2310 g/mol. The van der Waals surface area contributed by atoms with Gasteiger partial charge in [0, 0.05) is 0 Å². The maximum atomic E-state index is 6.72. The van der Waals surface area contributed by atoms with Crippen LogP contribution in [0, 0.1) is 0 Å². The minimum atomic E-state index is -3.99. The monoisotopic (exact) mass is 2280 g/mol. The zero-order valence-electron chi connectivity index (χ0n) is 34.7. The van der Waals surface area contributed by atoms with Gasteiger partial charge in [0.1, 0.15) is 0 Å². The smallest absolute Gasteiger partial charge is 0.0946 e. The lowest BCUT2D eigenvalue weighted by atomic mass is 9.95. The zero-order valence-corrected chi connectivity index (χ0v) is 77.0. The van der Waals surface area contributed by atoms with E-state index in [0.717, 1.165) is 0 Å². The molecule has 0 aromatic heterocycles. The molecule has 56 heteroatoms. The highest BCUT2D eigenvalue weighted by Gasteiger charge is 2.91. The molecule has 0 saturated heterocycles. The van der Waals surface area contributed by atoms with Gasteiger partial charge in [0.05, 0.1) is 0 Å². The van der Waals surface area contributed by atoms with E-state index in [2.05, 4.69) is 0 Å². The summed E-state index contributed by atoms with van der Waals surface area (Å²) in [6.45, 7) is 0. The molecule has 0 aliphatic carbocycles. The van der Waals surface area contributed by atoms with Gasteiger partial charge in [0.15, 0.2) is 99.7 Å². The highest BCUT2D eigenvalue weighted by atomic mass is 35.6. The second-order valence-electron chi connectivity index (χ2n) is 15.4. The quantitative estimate of drug-likeness (QED) is 0.0845. The van der Waals surface area contributed by atoms with Crippen molar-refractivity contribution < 1.29 is 0 Å². The summed E-state index contributed by atoms with van der Waals surface area (Å²) in [5, 5.41) is 0. The first kappa shape index (κ1) is 99.2. The van der Waals surface area contributed by atoms with Crippen LogP contribution in [0.15, 0.2) is 0 Å². The summed E-state index contributed by atoms with van der Waals surface area (Å²) in [5.74, 6) is 0. The first-order valence-corrected chi connectivity index (χ1v) is 38.2. The van der Waals surface area contributed by atoms with Crippen molar-refractivity contribution in [1.29, 1.82) is 0 Å². The Morgan fingerprint density at radius 3 is 0.133 bits per heavy atom. The third-order valence-electron chi connectivity index (χ3n) is 10.2. The van der Waals surface area contributed by atoms with E-state index in [9.17, 15) is 0 Å². The van der Waals surface area contributed by atoms with Crippen molar-refractivity contribution in [2.75, 3.05) is 0 Å². The molecule has 0 radical (unpaired) electrons. The Bertz CT molecular complexity index is 2170. The fourth-order valence-corrected chi connectivity index (χ4v) is 24.4. The summed E-state index contributed by atoms with van der Waals surface area (Å²) in [5.41, 5.74) is 0. The van der Waals surface area contributed by atoms with Gasteiger partial charge in [-0.2, -0.15) is 0 Å². The Kier molecular flexibility index (Phi) is 35.0. The molecule has 0 aromatic rings. The third-order valence-corrected chi connectivity index (χ3v) is 50.7. The van der Waals surface area contributed by atoms with E-state index in [4.69, 9.17) is 650 Å². The van der Waals surface area contributed by atoms with Crippen molar-refractivity contribution in [3.63, 3.8) is 0 Å². The summed E-state index contributed by atoms with van der Waals surface area (Å²) in [4.78, 5) is 0. The minimum absolute atomic E-state index is 2.96. The van der Waals surface area contributed by atoms with Crippen LogP contribution in [0.5, 0.6) is 0 Å². The summed E-state index contributed by atoms with van der Waals surface area (Å²) in [7, 11) is 0. The second kappa shape index (κ2) is 29.2. The molecule has 0 bridgehead atoms. The van der Waals surface area contributed by atoms with Gasteiger partial charge in [-0.15, -0.1) is 0 Å². The van der Waals surface area contributed by atoms with Crippen LogP contribution in [0.2, 0.25) is 0 Å². The summed E-state index contributed by atoms with van der Waals surface area (Å²) >= 11 is 364. The topological polar surface area (TPSA) is 0 Å². The standard InChI is InChI=1S/C27Cl56/c28-1(29,2(30,31)4(34,35)6(38,39)8(42,43)10(46,47)12(50,51)14(54,55)16(58,59)18(62,63)20(66,67)22(70,71)24(74,75)26(78,79)80)3(32,33)5(36,37)7(40,41)9(44,45)11(48,49)13(52,53)15(56,57)17(60,61)19(64,65)21(68,69)23(72,73)25(76,77)27(81,82)83. The average Bonchev–Trinajstić information content (AvgIpc) is 3.23. The molecular weight excluding hydrogens is 2310 g/mol. The normalized spacial score (nSPS) is 17.6. The molecule has 0 nitrogen and oxygen atoms in total. The number of hydrogen-bond acceptors (Lipinski definition) is 0. The molecule has 500 valence electrons. The minimum Gasteiger partial charge on any atom is -0.0946 e. The van der Waals surface area contributed by atoms with Crippen LogP contribution in [-0.2, 0) is 0 Å². The molecule has 0 atom stereocenters. The Balaban J connectivity index is 8.30. The van der Waals surface area contributed by atoms with Crippen LogP contribution in [0.1, 0.15) is 0 Å². The Morgan fingerprint density at radius 2 is 0.0964 bits per heavy atom. The van der Waals surface area contributed by atoms with Gasteiger partial charge in [0.2, 0.25) is 16.3 Å². The molecule has 0 aromatic carbocycles. The van der Waals surface area contributed by atoms with Gasteiger partial charge in [-0.3, -0.25) is 0 Å². The molecule has 0 unspecified atom stereocenters. The zero-order chi connectivity index (χ0) is 69.5. The van der Waals surface area contributed by atoms with Gasteiger partial charge in [-0.1, -0.05) is 650 Å². The molecule has 0 N–H and O–H groups in total. The first-order chi connectivity index (χ1) is 34.5. The van der Waals surface area contributed by atoms with Crippen LogP contribution < -0.4 is 0 Å².